The molecule has 4 rings (SSSR count). The first kappa shape index (κ1) is 29.6. The molecule has 212 valence electrons. The topological polar surface area (TPSA) is 86.8 Å². The second-order valence-electron chi connectivity index (χ2n) is 10.2. The van der Waals surface area contributed by atoms with E-state index in [1.807, 2.05) is 26.0 Å². The van der Waals surface area contributed by atoms with Crippen LogP contribution in [0.3, 0.4) is 0 Å². The van der Waals surface area contributed by atoms with E-state index in [0.717, 1.165) is 35.6 Å². The molecule has 0 spiro atoms. The first-order valence-electron chi connectivity index (χ1n) is 13.7. The molecular weight excluding hydrogens is 546 g/mol. The fraction of sp³-hybridized carbons (Fsp3) is 0.355. The van der Waals surface area contributed by atoms with Gasteiger partial charge >= 0.3 is 0 Å². The van der Waals surface area contributed by atoms with Crippen molar-refractivity contribution in [3.63, 3.8) is 0 Å². The monoisotopic (exact) mass is 581 g/mol. The number of carbonyl (C=O) groups excluding carboxylic acids is 2. The number of sulfonamides is 1. The number of halogens is 1. The molecular formula is C31H36ClN3O4S. The minimum absolute atomic E-state index is 0.0716. The van der Waals surface area contributed by atoms with Gasteiger partial charge in [-0.15, -0.1) is 0 Å². The number of carbonyl (C=O) groups is 2. The maximum Gasteiger partial charge on any atom is 0.264 e. The molecule has 0 aromatic heterocycles. The Kier molecular flexibility index (Phi) is 9.87. The van der Waals surface area contributed by atoms with Gasteiger partial charge in [-0.05, 0) is 62.1 Å². The third-order valence-corrected chi connectivity index (χ3v) is 9.47. The zero-order valence-corrected chi connectivity index (χ0v) is 24.5. The molecule has 3 aromatic carbocycles. The first-order valence-corrected chi connectivity index (χ1v) is 15.5. The second kappa shape index (κ2) is 13.3. The maximum atomic E-state index is 14.1. The van der Waals surface area contributed by atoms with Gasteiger partial charge in [-0.3, -0.25) is 13.9 Å². The maximum absolute atomic E-state index is 14.1. The third kappa shape index (κ3) is 7.04. The highest BCUT2D eigenvalue weighted by atomic mass is 35.5. The van der Waals surface area contributed by atoms with E-state index in [0.29, 0.717) is 22.7 Å². The summed E-state index contributed by atoms with van der Waals surface area (Å²) in [5.74, 6) is -0.726. The first-order chi connectivity index (χ1) is 19.2. The lowest BCUT2D eigenvalue weighted by Gasteiger charge is -2.34. The lowest BCUT2D eigenvalue weighted by Crippen LogP contribution is -2.53. The van der Waals surface area contributed by atoms with Crippen LogP contribution in [-0.4, -0.2) is 43.8 Å². The van der Waals surface area contributed by atoms with Gasteiger partial charge in [-0.1, -0.05) is 85.5 Å². The quantitative estimate of drug-likeness (QED) is 0.314. The Balaban J connectivity index is 1.71. The van der Waals surface area contributed by atoms with Crippen molar-refractivity contribution in [1.82, 2.24) is 10.2 Å². The highest BCUT2D eigenvalue weighted by molar-refractivity contribution is 7.92. The fourth-order valence-electron chi connectivity index (χ4n) is 5.06. The third-order valence-electron chi connectivity index (χ3n) is 7.32. The van der Waals surface area contributed by atoms with Crippen LogP contribution in [0.2, 0.25) is 5.02 Å². The number of nitrogens with one attached hydrogen (secondary N) is 1. The number of hydrogen-bond acceptors (Lipinski definition) is 4. The van der Waals surface area contributed by atoms with E-state index in [-0.39, 0.29) is 23.4 Å². The van der Waals surface area contributed by atoms with E-state index in [1.165, 1.54) is 17.0 Å². The number of aryl methyl sites for hydroxylation is 1. The average molecular weight is 582 g/mol. The van der Waals surface area contributed by atoms with E-state index in [2.05, 4.69) is 5.32 Å². The molecule has 1 atom stereocenters. The fourth-order valence-corrected chi connectivity index (χ4v) is 6.69. The van der Waals surface area contributed by atoms with Crippen molar-refractivity contribution in [1.29, 1.82) is 0 Å². The Morgan fingerprint density at radius 1 is 0.950 bits per heavy atom. The van der Waals surface area contributed by atoms with E-state index in [4.69, 9.17) is 11.6 Å². The SMILES string of the molecule is CCC(C(=O)NC1CCCC1)N(Cc1ccccc1Cl)C(=O)CN(c1ccc(C)cc1)S(=O)(=O)c1ccccc1. The van der Waals surface area contributed by atoms with Gasteiger partial charge in [0.25, 0.3) is 10.0 Å². The van der Waals surface area contributed by atoms with Crippen LogP contribution in [-0.2, 0) is 26.2 Å². The number of benzene rings is 3. The van der Waals surface area contributed by atoms with E-state index < -0.39 is 28.5 Å². The summed E-state index contributed by atoms with van der Waals surface area (Å²) in [6.07, 6.45) is 4.32. The zero-order chi connectivity index (χ0) is 28.7. The Bertz CT molecular complexity index is 1410. The molecule has 1 saturated carbocycles. The predicted octanol–water partition coefficient (Wildman–Crippen LogP) is 5.71. The van der Waals surface area contributed by atoms with E-state index in [9.17, 15) is 18.0 Å². The van der Waals surface area contributed by atoms with Gasteiger partial charge in [0.05, 0.1) is 10.6 Å². The van der Waals surface area contributed by atoms with Gasteiger partial charge < -0.3 is 10.2 Å². The lowest BCUT2D eigenvalue weighted by molar-refractivity contribution is -0.140. The molecule has 0 saturated heterocycles. The highest BCUT2D eigenvalue weighted by Crippen LogP contribution is 2.26. The van der Waals surface area contributed by atoms with Gasteiger partial charge in [0.1, 0.15) is 12.6 Å². The van der Waals surface area contributed by atoms with Crippen molar-refractivity contribution in [2.24, 2.45) is 0 Å². The second-order valence-corrected chi connectivity index (χ2v) is 12.5. The van der Waals surface area contributed by atoms with Crippen LogP contribution in [0.15, 0.2) is 83.8 Å². The molecule has 3 aromatic rings. The lowest BCUT2D eigenvalue weighted by atomic mass is 10.1. The summed E-state index contributed by atoms with van der Waals surface area (Å²) in [6, 6.07) is 21.5. The van der Waals surface area contributed by atoms with Crippen molar-refractivity contribution < 1.29 is 18.0 Å². The Morgan fingerprint density at radius 3 is 2.20 bits per heavy atom. The molecule has 9 heteroatoms. The highest BCUT2D eigenvalue weighted by Gasteiger charge is 2.34. The van der Waals surface area contributed by atoms with Crippen LogP contribution in [0, 0.1) is 6.92 Å². The predicted molar refractivity (Wildman–Crippen MR) is 159 cm³/mol. The zero-order valence-electron chi connectivity index (χ0n) is 22.9. The molecule has 1 unspecified atom stereocenters. The van der Waals surface area contributed by atoms with Crippen molar-refractivity contribution in [2.75, 3.05) is 10.8 Å². The van der Waals surface area contributed by atoms with Gasteiger partial charge in [-0.25, -0.2) is 8.42 Å². The molecule has 7 nitrogen and oxygen atoms in total. The smallest absolute Gasteiger partial charge is 0.264 e. The largest absolute Gasteiger partial charge is 0.352 e. The van der Waals surface area contributed by atoms with Crippen LogP contribution in [0.4, 0.5) is 5.69 Å². The molecule has 0 heterocycles. The Labute approximate surface area is 242 Å². The van der Waals surface area contributed by atoms with Gasteiger partial charge in [0.2, 0.25) is 11.8 Å². The molecule has 0 bridgehead atoms. The number of rotatable bonds is 11. The van der Waals surface area contributed by atoms with Crippen molar-refractivity contribution in [2.45, 2.75) is 69.5 Å². The van der Waals surface area contributed by atoms with Crippen LogP contribution < -0.4 is 9.62 Å². The van der Waals surface area contributed by atoms with Gasteiger partial charge in [-0.2, -0.15) is 0 Å². The van der Waals surface area contributed by atoms with Crippen molar-refractivity contribution >= 4 is 39.1 Å². The molecule has 1 aliphatic carbocycles. The summed E-state index contributed by atoms with van der Waals surface area (Å²) >= 11 is 6.46. The average Bonchev–Trinajstić information content (AvgIpc) is 3.46. The van der Waals surface area contributed by atoms with Crippen LogP contribution in [0.5, 0.6) is 0 Å². The molecule has 0 radical (unpaired) electrons. The van der Waals surface area contributed by atoms with E-state index >= 15 is 0 Å². The van der Waals surface area contributed by atoms with E-state index in [1.54, 1.807) is 54.6 Å². The van der Waals surface area contributed by atoms with Crippen LogP contribution in [0.1, 0.15) is 50.2 Å². The number of anilines is 1. The molecule has 0 aliphatic heterocycles. The molecule has 1 N–H and O–H groups in total. The summed E-state index contributed by atoms with van der Waals surface area (Å²) in [7, 11) is -4.09. The molecule has 40 heavy (non-hydrogen) atoms. The minimum Gasteiger partial charge on any atom is -0.352 e. The molecule has 1 aliphatic rings. The Hall–Kier alpha value is -3.36. The van der Waals surface area contributed by atoms with Gasteiger partial charge in [0, 0.05) is 17.6 Å². The summed E-state index contributed by atoms with van der Waals surface area (Å²) < 4.78 is 28.8. The summed E-state index contributed by atoms with van der Waals surface area (Å²) in [5.41, 5.74) is 2.00. The van der Waals surface area contributed by atoms with Crippen LogP contribution in [0.25, 0.3) is 0 Å². The minimum atomic E-state index is -4.09. The standard InChI is InChI=1S/C31H36ClN3O4S/c1-3-29(31(37)33-25-12-8-9-13-25)34(21-24-11-7-10-16-28(24)32)30(36)22-35(26-19-17-23(2)18-20-26)40(38,39)27-14-5-4-6-15-27/h4-7,10-11,14-20,25,29H,3,8-9,12-13,21-22H2,1-2H3,(H,33,37). The van der Waals surface area contributed by atoms with Crippen molar-refractivity contribution in [3.05, 3.63) is 95.0 Å². The molecule has 1 fully saturated rings. The van der Waals surface area contributed by atoms with Crippen LogP contribution >= 0.6 is 11.6 Å². The number of nitrogens with zero attached hydrogens (tertiary/aromatic N) is 2. The summed E-state index contributed by atoms with van der Waals surface area (Å²) in [4.78, 5) is 29.2. The Morgan fingerprint density at radius 2 is 1.57 bits per heavy atom. The van der Waals surface area contributed by atoms with Crippen molar-refractivity contribution in [3.8, 4) is 0 Å². The normalized spacial score (nSPS) is 14.5. The number of amides is 2. The van der Waals surface area contributed by atoms with Gasteiger partial charge in [0.15, 0.2) is 0 Å². The summed E-state index contributed by atoms with van der Waals surface area (Å²) in [6.45, 7) is 3.36. The summed E-state index contributed by atoms with van der Waals surface area (Å²) in [5, 5.41) is 3.59. The number of hydrogen-bond donors (Lipinski definition) is 1. The molecule has 2 amide bonds.